The fourth-order valence-corrected chi connectivity index (χ4v) is 2.54. The molecule has 3 rings (SSSR count). The van der Waals surface area contributed by atoms with E-state index in [9.17, 15) is 5.11 Å². The predicted octanol–water partition coefficient (Wildman–Crippen LogP) is 1.53. The lowest BCUT2D eigenvalue weighted by atomic mass is 10.0. The van der Waals surface area contributed by atoms with Crippen molar-refractivity contribution in [1.82, 2.24) is 9.88 Å². The number of aromatic nitrogens is 1. The van der Waals surface area contributed by atoms with Crippen LogP contribution >= 0.6 is 0 Å². The zero-order valence-electron chi connectivity index (χ0n) is 8.75. The molecule has 1 aliphatic heterocycles. The topological polar surface area (TPSA) is 37.2 Å². The number of phenols is 1. The minimum Gasteiger partial charge on any atom is -0.506 e. The molecule has 3 nitrogen and oxygen atoms in total. The third-order valence-electron chi connectivity index (χ3n) is 3.27. The van der Waals surface area contributed by atoms with E-state index in [2.05, 4.69) is 16.0 Å². The van der Waals surface area contributed by atoms with Crippen molar-refractivity contribution >= 4 is 10.9 Å². The van der Waals surface area contributed by atoms with Crippen LogP contribution < -0.4 is 5.32 Å². The van der Waals surface area contributed by atoms with E-state index in [0.29, 0.717) is 5.75 Å². The molecule has 78 valence electrons. The summed E-state index contributed by atoms with van der Waals surface area (Å²) in [5.74, 6) is 0.379. The Labute approximate surface area is 88.3 Å². The van der Waals surface area contributed by atoms with Crippen LogP contribution in [0.25, 0.3) is 10.9 Å². The summed E-state index contributed by atoms with van der Waals surface area (Å²) >= 11 is 0. The van der Waals surface area contributed by atoms with Gasteiger partial charge in [0.15, 0.2) is 0 Å². The van der Waals surface area contributed by atoms with Crippen LogP contribution in [0.5, 0.6) is 5.75 Å². The van der Waals surface area contributed by atoms with Crippen LogP contribution in [0.3, 0.4) is 0 Å². The Bertz CT molecular complexity index is 528. The monoisotopic (exact) mass is 202 g/mol. The van der Waals surface area contributed by atoms with Gasteiger partial charge in [-0.15, -0.1) is 0 Å². The Morgan fingerprint density at radius 1 is 1.40 bits per heavy atom. The number of fused-ring (bicyclic) bond motifs is 3. The summed E-state index contributed by atoms with van der Waals surface area (Å²) in [7, 11) is 2.02. The summed E-state index contributed by atoms with van der Waals surface area (Å²) in [6.07, 6.45) is 1.05. The molecule has 0 spiro atoms. The molecule has 0 fully saturated rings. The third-order valence-corrected chi connectivity index (χ3v) is 3.27. The molecule has 2 aromatic rings. The summed E-state index contributed by atoms with van der Waals surface area (Å²) in [4.78, 5) is 0. The van der Waals surface area contributed by atoms with Gasteiger partial charge in [-0.05, 0) is 24.6 Å². The SMILES string of the molecule is Cn1c2c(c3cccc(O)c31)CCNC2. The smallest absolute Gasteiger partial charge is 0.139 e. The van der Waals surface area contributed by atoms with Gasteiger partial charge in [-0.1, -0.05) is 12.1 Å². The molecule has 2 N–H and O–H groups in total. The minimum atomic E-state index is 0.379. The summed E-state index contributed by atoms with van der Waals surface area (Å²) in [6.45, 7) is 1.93. The number of benzene rings is 1. The van der Waals surface area contributed by atoms with Crippen molar-refractivity contribution in [2.75, 3.05) is 6.54 Å². The van der Waals surface area contributed by atoms with Gasteiger partial charge in [0, 0.05) is 24.7 Å². The number of nitrogens with one attached hydrogen (secondary N) is 1. The summed E-state index contributed by atoms with van der Waals surface area (Å²) in [5.41, 5.74) is 3.66. The zero-order chi connectivity index (χ0) is 10.4. The maximum Gasteiger partial charge on any atom is 0.139 e. The first-order valence-corrected chi connectivity index (χ1v) is 5.28. The van der Waals surface area contributed by atoms with Crippen molar-refractivity contribution in [3.05, 3.63) is 29.5 Å². The Morgan fingerprint density at radius 3 is 3.13 bits per heavy atom. The van der Waals surface area contributed by atoms with Gasteiger partial charge < -0.3 is 15.0 Å². The molecule has 3 heteroatoms. The quantitative estimate of drug-likeness (QED) is 0.679. The Morgan fingerprint density at radius 2 is 2.27 bits per heavy atom. The minimum absolute atomic E-state index is 0.379. The number of hydrogen-bond donors (Lipinski definition) is 2. The lowest BCUT2D eigenvalue weighted by Gasteiger charge is -2.14. The largest absolute Gasteiger partial charge is 0.506 e. The van der Waals surface area contributed by atoms with Crippen molar-refractivity contribution < 1.29 is 5.11 Å². The molecular weight excluding hydrogens is 188 g/mol. The van der Waals surface area contributed by atoms with Crippen LogP contribution in [0.2, 0.25) is 0 Å². The highest BCUT2D eigenvalue weighted by Crippen LogP contribution is 2.32. The van der Waals surface area contributed by atoms with Gasteiger partial charge >= 0.3 is 0 Å². The average molecular weight is 202 g/mol. The number of nitrogens with zero attached hydrogens (tertiary/aromatic N) is 1. The van der Waals surface area contributed by atoms with Crippen molar-refractivity contribution in [3.8, 4) is 5.75 Å². The first-order valence-electron chi connectivity index (χ1n) is 5.28. The van der Waals surface area contributed by atoms with E-state index in [4.69, 9.17) is 0 Å². The van der Waals surface area contributed by atoms with Crippen molar-refractivity contribution in [1.29, 1.82) is 0 Å². The number of hydrogen-bond acceptors (Lipinski definition) is 2. The molecular formula is C12H14N2O. The van der Waals surface area contributed by atoms with Gasteiger partial charge in [0.25, 0.3) is 0 Å². The van der Waals surface area contributed by atoms with Gasteiger partial charge in [-0.2, -0.15) is 0 Å². The van der Waals surface area contributed by atoms with E-state index < -0.39 is 0 Å². The van der Waals surface area contributed by atoms with E-state index in [0.717, 1.165) is 25.0 Å². The molecule has 1 aliphatic rings. The molecule has 0 unspecified atom stereocenters. The maximum absolute atomic E-state index is 9.86. The molecule has 0 saturated carbocycles. The lowest BCUT2D eigenvalue weighted by Crippen LogP contribution is -2.24. The van der Waals surface area contributed by atoms with Crippen molar-refractivity contribution in [2.45, 2.75) is 13.0 Å². The zero-order valence-corrected chi connectivity index (χ0v) is 8.75. The molecule has 0 amide bonds. The van der Waals surface area contributed by atoms with Crippen molar-refractivity contribution in [3.63, 3.8) is 0 Å². The second kappa shape index (κ2) is 3.00. The number of aromatic hydroxyl groups is 1. The maximum atomic E-state index is 9.86. The highest BCUT2D eigenvalue weighted by atomic mass is 16.3. The van der Waals surface area contributed by atoms with Crippen LogP contribution in [0.1, 0.15) is 11.3 Å². The second-order valence-electron chi connectivity index (χ2n) is 4.08. The van der Waals surface area contributed by atoms with Crippen LogP contribution in [0, 0.1) is 0 Å². The number of para-hydroxylation sites is 1. The average Bonchev–Trinajstić information content (AvgIpc) is 2.55. The van der Waals surface area contributed by atoms with Crippen LogP contribution in [0.15, 0.2) is 18.2 Å². The van der Waals surface area contributed by atoms with Gasteiger partial charge in [-0.25, -0.2) is 0 Å². The number of rotatable bonds is 0. The van der Waals surface area contributed by atoms with Gasteiger partial charge in [0.1, 0.15) is 5.75 Å². The molecule has 1 aromatic heterocycles. The van der Waals surface area contributed by atoms with E-state index >= 15 is 0 Å². The molecule has 0 saturated heterocycles. The van der Waals surface area contributed by atoms with E-state index in [1.165, 1.54) is 16.6 Å². The second-order valence-corrected chi connectivity index (χ2v) is 4.08. The summed E-state index contributed by atoms with van der Waals surface area (Å²) in [6, 6.07) is 5.76. The van der Waals surface area contributed by atoms with E-state index in [-0.39, 0.29) is 0 Å². The number of phenolic OH excluding ortho intramolecular Hbond substituents is 1. The van der Waals surface area contributed by atoms with E-state index in [1.54, 1.807) is 6.07 Å². The first kappa shape index (κ1) is 8.80. The normalized spacial score (nSPS) is 15.5. The Kier molecular flexibility index (Phi) is 1.76. The Hall–Kier alpha value is -1.48. The van der Waals surface area contributed by atoms with Crippen LogP contribution in [0.4, 0.5) is 0 Å². The van der Waals surface area contributed by atoms with Crippen LogP contribution in [-0.4, -0.2) is 16.2 Å². The molecule has 0 aliphatic carbocycles. The summed E-state index contributed by atoms with van der Waals surface area (Å²) < 4.78 is 2.10. The fraction of sp³-hybridized carbons (Fsp3) is 0.333. The van der Waals surface area contributed by atoms with Gasteiger partial charge in [0.2, 0.25) is 0 Å². The summed E-state index contributed by atoms with van der Waals surface area (Å²) in [5, 5.41) is 14.4. The van der Waals surface area contributed by atoms with E-state index in [1.807, 2.05) is 13.1 Å². The molecule has 2 heterocycles. The molecule has 0 atom stereocenters. The first-order chi connectivity index (χ1) is 7.29. The molecule has 0 bridgehead atoms. The Balaban J connectivity index is 2.44. The standard InChI is InChI=1S/C12H14N2O/c1-14-10-7-13-6-5-8(10)9-3-2-4-11(15)12(9)14/h2-4,13,15H,5-7H2,1H3. The number of aryl methyl sites for hydroxylation is 1. The lowest BCUT2D eigenvalue weighted by molar-refractivity contribution is 0.478. The fourth-order valence-electron chi connectivity index (χ4n) is 2.54. The molecule has 15 heavy (non-hydrogen) atoms. The molecule has 1 aromatic carbocycles. The van der Waals surface area contributed by atoms with Crippen LogP contribution in [-0.2, 0) is 20.0 Å². The van der Waals surface area contributed by atoms with Gasteiger partial charge in [-0.3, -0.25) is 0 Å². The van der Waals surface area contributed by atoms with Gasteiger partial charge in [0.05, 0.1) is 5.52 Å². The van der Waals surface area contributed by atoms with Crippen molar-refractivity contribution in [2.24, 2.45) is 7.05 Å². The third kappa shape index (κ3) is 1.10. The predicted molar refractivity (Wildman–Crippen MR) is 60.0 cm³/mol. The molecule has 0 radical (unpaired) electrons. The highest BCUT2D eigenvalue weighted by molar-refractivity contribution is 5.90. The highest BCUT2D eigenvalue weighted by Gasteiger charge is 2.19.